The van der Waals surface area contributed by atoms with E-state index in [0.29, 0.717) is 18.2 Å². The lowest BCUT2D eigenvalue weighted by atomic mass is 10.1. The van der Waals surface area contributed by atoms with Crippen molar-refractivity contribution in [2.24, 2.45) is 5.92 Å². The number of hydrogen-bond acceptors (Lipinski definition) is 2. The molecule has 1 heterocycles. The second kappa shape index (κ2) is 8.83. The Morgan fingerprint density at radius 3 is 2.78 bits per heavy atom. The van der Waals surface area contributed by atoms with Crippen LogP contribution in [0.1, 0.15) is 38.7 Å². The molecule has 0 amide bonds. The Labute approximate surface area is 115 Å². The zero-order valence-corrected chi connectivity index (χ0v) is 11.8. The van der Waals surface area contributed by atoms with Gasteiger partial charge in [-0.25, -0.2) is 0 Å². The summed E-state index contributed by atoms with van der Waals surface area (Å²) in [7, 11) is 0. The molecule has 98 valence electrons. The Bertz CT molecular complexity index is 404. The van der Waals surface area contributed by atoms with E-state index in [1.165, 1.54) is 0 Å². The average molecular weight is 266 g/mol. The number of nitrogens with zero attached hydrogens (tertiary/aromatic N) is 1. The number of ether oxygens (including phenoxy) is 1. The highest BCUT2D eigenvalue weighted by Crippen LogP contribution is 2.14. The van der Waals surface area contributed by atoms with Gasteiger partial charge >= 0.3 is 0 Å². The third-order valence-corrected chi connectivity index (χ3v) is 2.99. The molecule has 0 aliphatic heterocycles. The van der Waals surface area contributed by atoms with Gasteiger partial charge in [-0.3, -0.25) is 4.98 Å². The third-order valence-electron chi connectivity index (χ3n) is 2.81. The lowest BCUT2D eigenvalue weighted by Gasteiger charge is -2.13. The largest absolute Gasteiger partial charge is 0.492 e. The van der Waals surface area contributed by atoms with Gasteiger partial charge in [-0.2, -0.15) is 0 Å². The molecule has 2 nitrogen and oxygen atoms in total. The van der Waals surface area contributed by atoms with Crippen molar-refractivity contribution in [3.05, 3.63) is 24.0 Å². The monoisotopic (exact) mass is 265 g/mol. The Morgan fingerprint density at radius 2 is 2.11 bits per heavy atom. The molecule has 0 aliphatic carbocycles. The molecule has 1 aromatic rings. The molecule has 0 saturated carbocycles. The fourth-order valence-electron chi connectivity index (χ4n) is 1.52. The number of alkyl halides is 1. The van der Waals surface area contributed by atoms with Crippen LogP contribution in [0, 0.1) is 17.8 Å². The van der Waals surface area contributed by atoms with Crippen molar-refractivity contribution in [1.29, 1.82) is 0 Å². The molecule has 0 unspecified atom stereocenters. The summed E-state index contributed by atoms with van der Waals surface area (Å²) in [6, 6.07) is 1.93. The minimum Gasteiger partial charge on any atom is -0.492 e. The summed E-state index contributed by atoms with van der Waals surface area (Å²) in [5.74, 6) is 7.97. The number of rotatable bonds is 6. The van der Waals surface area contributed by atoms with Crippen molar-refractivity contribution in [3.8, 4) is 17.6 Å². The normalized spacial score (nSPS) is 10.0. The molecule has 0 saturated heterocycles. The fourth-order valence-corrected chi connectivity index (χ4v) is 1.61. The second-order valence-corrected chi connectivity index (χ2v) is 4.52. The van der Waals surface area contributed by atoms with Crippen LogP contribution in [0.2, 0.25) is 0 Å². The Morgan fingerprint density at radius 1 is 1.33 bits per heavy atom. The number of hydrogen-bond donors (Lipinski definition) is 0. The van der Waals surface area contributed by atoms with Gasteiger partial charge in [0.1, 0.15) is 5.75 Å². The summed E-state index contributed by atoms with van der Waals surface area (Å²) in [5.41, 5.74) is 0.877. The summed E-state index contributed by atoms with van der Waals surface area (Å²) >= 11 is 5.57. The van der Waals surface area contributed by atoms with Crippen molar-refractivity contribution >= 4 is 11.6 Å². The molecule has 0 bridgehead atoms. The van der Waals surface area contributed by atoms with Gasteiger partial charge in [0.25, 0.3) is 0 Å². The van der Waals surface area contributed by atoms with E-state index >= 15 is 0 Å². The maximum atomic E-state index is 5.74. The maximum absolute atomic E-state index is 5.74. The fraction of sp³-hybridized carbons (Fsp3) is 0.533. The third kappa shape index (κ3) is 5.42. The van der Waals surface area contributed by atoms with Crippen LogP contribution in [0.4, 0.5) is 0 Å². The molecule has 0 N–H and O–H groups in total. The molecule has 0 spiro atoms. The molecule has 1 rings (SSSR count). The topological polar surface area (TPSA) is 22.1 Å². The first-order valence-electron chi connectivity index (χ1n) is 6.42. The minimum absolute atomic E-state index is 0.561. The zero-order chi connectivity index (χ0) is 13.2. The molecule has 3 heteroatoms. The van der Waals surface area contributed by atoms with Crippen molar-refractivity contribution in [1.82, 2.24) is 4.98 Å². The first-order valence-corrected chi connectivity index (χ1v) is 6.96. The Hall–Kier alpha value is -1.20. The molecule has 18 heavy (non-hydrogen) atoms. The van der Waals surface area contributed by atoms with Gasteiger partial charge in [-0.15, -0.1) is 11.6 Å². The highest BCUT2D eigenvalue weighted by Gasteiger charge is 2.04. The molecular weight excluding hydrogens is 246 g/mol. The first-order chi connectivity index (χ1) is 8.80. The van der Waals surface area contributed by atoms with Gasteiger partial charge in [-0.1, -0.05) is 38.5 Å². The van der Waals surface area contributed by atoms with E-state index in [9.17, 15) is 0 Å². The van der Waals surface area contributed by atoms with Crippen LogP contribution in [0.3, 0.4) is 0 Å². The van der Waals surface area contributed by atoms with Crippen LogP contribution in [0.5, 0.6) is 5.75 Å². The van der Waals surface area contributed by atoms with Crippen molar-refractivity contribution in [2.75, 3.05) is 12.5 Å². The van der Waals surface area contributed by atoms with E-state index in [-0.39, 0.29) is 0 Å². The van der Waals surface area contributed by atoms with Gasteiger partial charge in [0.15, 0.2) is 0 Å². The summed E-state index contributed by atoms with van der Waals surface area (Å²) < 4.78 is 5.74. The van der Waals surface area contributed by atoms with Gasteiger partial charge in [0.2, 0.25) is 0 Å². The predicted octanol–water partition coefficient (Wildman–Crippen LogP) is 3.88. The van der Waals surface area contributed by atoms with Crippen molar-refractivity contribution < 1.29 is 4.74 Å². The number of halogens is 1. The van der Waals surface area contributed by atoms with E-state index in [4.69, 9.17) is 16.3 Å². The zero-order valence-electron chi connectivity index (χ0n) is 11.1. The van der Waals surface area contributed by atoms with Crippen LogP contribution in [0.15, 0.2) is 18.5 Å². The van der Waals surface area contributed by atoms with Crippen LogP contribution < -0.4 is 4.74 Å². The van der Waals surface area contributed by atoms with E-state index in [0.717, 1.165) is 30.8 Å². The first kappa shape index (κ1) is 14.9. The average Bonchev–Trinajstić information content (AvgIpc) is 2.41. The molecule has 0 radical (unpaired) electrons. The molecule has 1 aromatic heterocycles. The minimum atomic E-state index is 0.561. The van der Waals surface area contributed by atoms with Gasteiger partial charge in [0.05, 0.1) is 12.8 Å². The van der Waals surface area contributed by atoms with E-state index in [1.54, 1.807) is 12.4 Å². The Kier molecular flexibility index (Phi) is 7.29. The van der Waals surface area contributed by atoms with Crippen molar-refractivity contribution in [3.63, 3.8) is 0 Å². The molecule has 0 aromatic carbocycles. The second-order valence-electron chi connectivity index (χ2n) is 4.14. The van der Waals surface area contributed by atoms with Crippen LogP contribution in [-0.2, 0) is 0 Å². The summed E-state index contributed by atoms with van der Waals surface area (Å²) in [6.45, 7) is 5.11. The predicted molar refractivity (Wildman–Crippen MR) is 76.0 cm³/mol. The number of pyridine rings is 1. The molecule has 0 aliphatic rings. The van der Waals surface area contributed by atoms with Gasteiger partial charge in [0, 0.05) is 24.1 Å². The highest BCUT2D eigenvalue weighted by molar-refractivity contribution is 6.18. The van der Waals surface area contributed by atoms with Crippen LogP contribution in [0.25, 0.3) is 0 Å². The summed E-state index contributed by atoms with van der Waals surface area (Å²) in [5, 5.41) is 0. The van der Waals surface area contributed by atoms with E-state index < -0.39 is 0 Å². The van der Waals surface area contributed by atoms with Gasteiger partial charge in [-0.05, 0) is 12.0 Å². The maximum Gasteiger partial charge on any atom is 0.138 e. The number of aromatic nitrogens is 1. The quantitative estimate of drug-likeness (QED) is 0.575. The van der Waals surface area contributed by atoms with E-state index in [2.05, 4.69) is 30.7 Å². The van der Waals surface area contributed by atoms with Crippen LogP contribution in [-0.4, -0.2) is 17.5 Å². The smallest absolute Gasteiger partial charge is 0.138 e. The standard InChI is InChI=1S/C15H20ClNO/c1-3-13(4-2)12-18-15-9-14(10-17-11-15)7-5-6-8-16/h9-11,13H,3-4,6,8,12H2,1-2H3. The highest BCUT2D eigenvalue weighted by atomic mass is 35.5. The van der Waals surface area contributed by atoms with E-state index in [1.807, 2.05) is 6.07 Å². The lowest BCUT2D eigenvalue weighted by Crippen LogP contribution is -2.10. The summed E-state index contributed by atoms with van der Waals surface area (Å²) in [6.07, 6.45) is 6.44. The Balaban J connectivity index is 2.57. The van der Waals surface area contributed by atoms with Crippen molar-refractivity contribution in [2.45, 2.75) is 33.1 Å². The van der Waals surface area contributed by atoms with Crippen LogP contribution >= 0.6 is 11.6 Å². The molecule has 0 atom stereocenters. The summed E-state index contributed by atoms with van der Waals surface area (Å²) in [4.78, 5) is 4.13. The SMILES string of the molecule is CCC(CC)COc1cncc(C#CCCCl)c1. The van der Waals surface area contributed by atoms with Gasteiger partial charge < -0.3 is 4.74 Å². The molecule has 0 fully saturated rings. The molecular formula is C15H20ClNO. The lowest BCUT2D eigenvalue weighted by molar-refractivity contribution is 0.240.